The molecule has 1 aromatic rings. The fourth-order valence-electron chi connectivity index (χ4n) is 1.44. The van der Waals surface area contributed by atoms with Crippen LogP contribution in [-0.2, 0) is 4.79 Å². The number of aldehydes is 1. The maximum absolute atomic E-state index is 10.8. The fraction of sp³-hybridized carbons (Fsp3) is 0.333. The van der Waals surface area contributed by atoms with Gasteiger partial charge in [0.1, 0.15) is 12.4 Å². The van der Waals surface area contributed by atoms with Gasteiger partial charge in [0.05, 0.1) is 11.6 Å². The molecule has 1 aromatic carbocycles. The van der Waals surface area contributed by atoms with Gasteiger partial charge in [-0.25, -0.2) is 0 Å². The lowest BCUT2D eigenvalue weighted by atomic mass is 10.1. The second kappa shape index (κ2) is 6.57. The molecule has 1 atom stereocenters. The second-order valence-electron chi connectivity index (χ2n) is 3.61. The van der Waals surface area contributed by atoms with E-state index in [2.05, 4.69) is 34.0 Å². The Morgan fingerprint density at radius 2 is 2.35 bits per heavy atom. The van der Waals surface area contributed by atoms with Gasteiger partial charge in [-0.3, -0.25) is 0 Å². The first kappa shape index (κ1) is 13.9. The number of aliphatic hydroxyl groups excluding tert-OH is 1. The molecule has 90 valence electrons. The number of halogens is 1. The third-order valence-corrected chi connectivity index (χ3v) is 3.84. The minimum absolute atomic E-state index is 0.0389. The largest absolute Gasteiger partial charge is 0.396 e. The van der Waals surface area contributed by atoms with Crippen LogP contribution in [0.2, 0.25) is 0 Å². The number of hydrogen-bond donors (Lipinski definition) is 2. The molecule has 17 heavy (non-hydrogen) atoms. The topological polar surface area (TPSA) is 73.1 Å². The van der Waals surface area contributed by atoms with Gasteiger partial charge in [-0.15, -0.1) is 0 Å². The minimum Gasteiger partial charge on any atom is -0.396 e. The summed E-state index contributed by atoms with van der Waals surface area (Å²) < 4.78 is 0.878. The van der Waals surface area contributed by atoms with Crippen molar-refractivity contribution < 1.29 is 9.90 Å². The Balaban J connectivity index is 2.96. The van der Waals surface area contributed by atoms with Crippen LogP contribution in [0.1, 0.15) is 17.5 Å². The van der Waals surface area contributed by atoms with Crippen molar-refractivity contribution in [2.45, 2.75) is 19.4 Å². The number of carbonyl (C=O) groups is 1. The predicted molar refractivity (Wildman–Crippen MR) is 73.8 cm³/mol. The van der Waals surface area contributed by atoms with Gasteiger partial charge in [-0.2, -0.15) is 5.26 Å². The number of anilines is 1. The zero-order valence-corrected chi connectivity index (χ0v) is 11.6. The Kier molecular flexibility index (Phi) is 5.38. The third-order valence-electron chi connectivity index (χ3n) is 2.45. The second-order valence-corrected chi connectivity index (χ2v) is 4.69. The lowest BCUT2D eigenvalue weighted by Crippen LogP contribution is -2.23. The average Bonchev–Trinajstić information content (AvgIpc) is 2.34. The lowest BCUT2D eigenvalue weighted by molar-refractivity contribution is -0.108. The van der Waals surface area contributed by atoms with Crippen LogP contribution < -0.4 is 5.32 Å². The van der Waals surface area contributed by atoms with Gasteiger partial charge in [-0.1, -0.05) is 0 Å². The summed E-state index contributed by atoms with van der Waals surface area (Å²) in [6.07, 6.45) is 1.15. The number of rotatable bonds is 5. The van der Waals surface area contributed by atoms with Crippen LogP contribution in [0.4, 0.5) is 5.69 Å². The monoisotopic (exact) mass is 344 g/mol. The standard InChI is InChI=1S/C12H13IN2O2/c1-8-11(15-10(7-17)4-5-16)3-2-9(6-14)12(8)13/h2-3,7,10,15-16H,4-5H2,1H3/t10-/m1/s1. The summed E-state index contributed by atoms with van der Waals surface area (Å²) >= 11 is 2.11. The molecule has 0 fully saturated rings. The van der Waals surface area contributed by atoms with Gasteiger partial charge in [0.2, 0.25) is 0 Å². The SMILES string of the molecule is Cc1c(N[C@@H](C=O)CCO)ccc(C#N)c1I. The van der Waals surface area contributed by atoms with Crippen LogP contribution >= 0.6 is 22.6 Å². The molecule has 0 amide bonds. The molecular weight excluding hydrogens is 331 g/mol. The zero-order chi connectivity index (χ0) is 12.8. The molecule has 0 saturated heterocycles. The molecule has 2 N–H and O–H groups in total. The van der Waals surface area contributed by atoms with E-state index in [0.29, 0.717) is 12.0 Å². The quantitative estimate of drug-likeness (QED) is 0.632. The highest BCUT2D eigenvalue weighted by Gasteiger charge is 2.11. The van der Waals surface area contributed by atoms with E-state index in [1.165, 1.54) is 0 Å². The van der Waals surface area contributed by atoms with Crippen molar-refractivity contribution in [3.63, 3.8) is 0 Å². The van der Waals surface area contributed by atoms with Crippen LogP contribution in [0.3, 0.4) is 0 Å². The van der Waals surface area contributed by atoms with Gasteiger partial charge in [0.15, 0.2) is 0 Å². The molecule has 0 bridgehead atoms. The van der Waals surface area contributed by atoms with Crippen molar-refractivity contribution in [2.75, 3.05) is 11.9 Å². The molecule has 0 aromatic heterocycles. The normalized spacial score (nSPS) is 11.6. The van der Waals surface area contributed by atoms with Crippen molar-refractivity contribution in [3.8, 4) is 6.07 Å². The molecule has 1 rings (SSSR count). The van der Waals surface area contributed by atoms with Crippen LogP contribution in [0.15, 0.2) is 12.1 Å². The van der Waals surface area contributed by atoms with E-state index >= 15 is 0 Å². The van der Waals surface area contributed by atoms with E-state index in [9.17, 15) is 4.79 Å². The average molecular weight is 344 g/mol. The number of benzene rings is 1. The third kappa shape index (κ3) is 3.41. The number of nitrogens with zero attached hydrogens (tertiary/aromatic N) is 1. The highest BCUT2D eigenvalue weighted by atomic mass is 127. The summed E-state index contributed by atoms with van der Waals surface area (Å²) in [5, 5.41) is 20.7. The molecule has 0 unspecified atom stereocenters. The molecular formula is C12H13IN2O2. The first-order valence-corrected chi connectivity index (χ1v) is 6.23. The predicted octanol–water partition coefficient (Wildman–Crippen LogP) is 1.83. The first-order chi connectivity index (χ1) is 8.13. The molecule has 0 aliphatic carbocycles. The first-order valence-electron chi connectivity index (χ1n) is 5.16. The van der Waals surface area contributed by atoms with E-state index in [1.54, 1.807) is 12.1 Å². The van der Waals surface area contributed by atoms with E-state index in [0.717, 1.165) is 21.1 Å². The van der Waals surface area contributed by atoms with Gasteiger partial charge in [0.25, 0.3) is 0 Å². The summed E-state index contributed by atoms with van der Waals surface area (Å²) in [6, 6.07) is 5.21. The Bertz CT molecular complexity index is 455. The molecule has 0 spiro atoms. The molecule has 0 saturated carbocycles. The van der Waals surface area contributed by atoms with Gasteiger partial charge in [0, 0.05) is 15.9 Å². The summed E-state index contributed by atoms with van der Waals surface area (Å²) in [7, 11) is 0. The Hall–Kier alpha value is -1.13. The molecule has 5 heteroatoms. The summed E-state index contributed by atoms with van der Waals surface area (Å²) in [5.41, 5.74) is 2.38. The van der Waals surface area contributed by atoms with Gasteiger partial charge in [-0.05, 0) is 53.6 Å². The lowest BCUT2D eigenvalue weighted by Gasteiger charge is -2.16. The Labute approximate surface area is 114 Å². The van der Waals surface area contributed by atoms with Crippen LogP contribution in [0.25, 0.3) is 0 Å². The number of nitrogens with one attached hydrogen (secondary N) is 1. The minimum atomic E-state index is -0.401. The number of hydrogen-bond acceptors (Lipinski definition) is 4. The molecule has 0 heterocycles. The Morgan fingerprint density at radius 3 is 2.88 bits per heavy atom. The van der Waals surface area contributed by atoms with Crippen LogP contribution in [0, 0.1) is 21.8 Å². The maximum atomic E-state index is 10.8. The highest BCUT2D eigenvalue weighted by molar-refractivity contribution is 14.1. The Morgan fingerprint density at radius 1 is 1.65 bits per heavy atom. The summed E-state index contributed by atoms with van der Waals surface area (Å²) in [6.45, 7) is 1.86. The zero-order valence-electron chi connectivity index (χ0n) is 9.40. The molecule has 0 radical (unpaired) electrons. The smallest absolute Gasteiger partial charge is 0.142 e. The van der Waals surface area contributed by atoms with Crippen molar-refractivity contribution >= 4 is 34.6 Å². The van der Waals surface area contributed by atoms with Crippen molar-refractivity contribution in [3.05, 3.63) is 26.8 Å². The van der Waals surface area contributed by atoms with E-state index in [1.807, 2.05) is 6.92 Å². The summed E-state index contributed by atoms with van der Waals surface area (Å²) in [4.78, 5) is 10.8. The number of nitriles is 1. The van der Waals surface area contributed by atoms with Gasteiger partial charge >= 0.3 is 0 Å². The molecule has 0 aliphatic rings. The van der Waals surface area contributed by atoms with Crippen LogP contribution in [-0.4, -0.2) is 24.0 Å². The highest BCUT2D eigenvalue weighted by Crippen LogP contribution is 2.24. The van der Waals surface area contributed by atoms with Crippen molar-refractivity contribution in [1.82, 2.24) is 0 Å². The van der Waals surface area contributed by atoms with Gasteiger partial charge < -0.3 is 15.2 Å². The maximum Gasteiger partial charge on any atom is 0.142 e. The van der Waals surface area contributed by atoms with E-state index in [4.69, 9.17) is 10.4 Å². The number of aliphatic hydroxyl groups is 1. The molecule has 0 aliphatic heterocycles. The van der Waals surface area contributed by atoms with Crippen molar-refractivity contribution in [2.24, 2.45) is 0 Å². The van der Waals surface area contributed by atoms with E-state index in [-0.39, 0.29) is 6.61 Å². The fourth-order valence-corrected chi connectivity index (χ4v) is 2.03. The molecule has 4 nitrogen and oxygen atoms in total. The van der Waals surface area contributed by atoms with Crippen LogP contribution in [0.5, 0.6) is 0 Å². The summed E-state index contributed by atoms with van der Waals surface area (Å²) in [5.74, 6) is 0. The number of carbonyl (C=O) groups excluding carboxylic acids is 1. The van der Waals surface area contributed by atoms with Crippen molar-refractivity contribution in [1.29, 1.82) is 5.26 Å². The van der Waals surface area contributed by atoms with E-state index < -0.39 is 6.04 Å².